The van der Waals surface area contributed by atoms with Gasteiger partial charge in [-0.3, -0.25) is 0 Å². The van der Waals surface area contributed by atoms with Crippen LogP contribution in [0.1, 0.15) is 82.0 Å². The highest BCUT2D eigenvalue weighted by Gasteiger charge is 2.46. The molecule has 2 unspecified atom stereocenters. The van der Waals surface area contributed by atoms with Gasteiger partial charge in [-0.1, -0.05) is 37.8 Å². The Balaban J connectivity index is 1.57. The van der Waals surface area contributed by atoms with Gasteiger partial charge in [0, 0.05) is 23.4 Å². The summed E-state index contributed by atoms with van der Waals surface area (Å²) in [5.41, 5.74) is 5.44. The first-order valence-electron chi connectivity index (χ1n) is 11.9. The van der Waals surface area contributed by atoms with Gasteiger partial charge in [-0.2, -0.15) is 0 Å². The van der Waals surface area contributed by atoms with E-state index >= 15 is 0 Å². The molecule has 0 radical (unpaired) electrons. The van der Waals surface area contributed by atoms with E-state index < -0.39 is 0 Å². The van der Waals surface area contributed by atoms with Crippen LogP contribution in [0.3, 0.4) is 0 Å². The average molecular weight is 397 g/mol. The zero-order chi connectivity index (χ0) is 20.6. The molecule has 1 aliphatic heterocycles. The molecule has 2 atom stereocenters. The van der Waals surface area contributed by atoms with Crippen molar-refractivity contribution >= 4 is 10.9 Å². The van der Waals surface area contributed by atoms with Crippen molar-refractivity contribution in [2.24, 2.45) is 5.92 Å². The summed E-state index contributed by atoms with van der Waals surface area (Å²) in [5, 5.41) is 1.42. The Hall–Kier alpha value is -1.32. The first-order valence-corrected chi connectivity index (χ1v) is 11.9. The number of benzene rings is 1. The zero-order valence-electron chi connectivity index (χ0n) is 19.2. The van der Waals surface area contributed by atoms with Crippen LogP contribution in [0.15, 0.2) is 18.2 Å². The summed E-state index contributed by atoms with van der Waals surface area (Å²) in [7, 11) is 4.55. The molecule has 2 heterocycles. The predicted molar refractivity (Wildman–Crippen MR) is 123 cm³/mol. The maximum Gasteiger partial charge on any atom is 0.108 e. The second-order valence-corrected chi connectivity index (χ2v) is 10.0. The summed E-state index contributed by atoms with van der Waals surface area (Å²) in [6.45, 7) is 6.76. The number of rotatable bonds is 6. The van der Waals surface area contributed by atoms with E-state index in [4.69, 9.17) is 4.74 Å². The molecular weight excluding hydrogens is 356 g/mol. The maximum atomic E-state index is 6.74. The summed E-state index contributed by atoms with van der Waals surface area (Å²) in [6, 6.07) is 7.54. The number of H-pyrrole nitrogens is 1. The number of nitrogens with zero attached hydrogens (tertiary/aromatic N) is 1. The van der Waals surface area contributed by atoms with E-state index in [1.165, 1.54) is 66.2 Å². The topological polar surface area (TPSA) is 28.3 Å². The molecule has 2 aliphatic rings. The first kappa shape index (κ1) is 20.9. The summed E-state index contributed by atoms with van der Waals surface area (Å²) < 4.78 is 6.74. The van der Waals surface area contributed by atoms with E-state index in [2.05, 4.69) is 62.9 Å². The normalized spacial score (nSPS) is 28.2. The Morgan fingerprint density at radius 1 is 1.21 bits per heavy atom. The summed E-state index contributed by atoms with van der Waals surface area (Å²) >= 11 is 0. The van der Waals surface area contributed by atoms with E-state index in [-0.39, 0.29) is 5.60 Å². The zero-order valence-corrected chi connectivity index (χ0v) is 19.2. The molecule has 1 aromatic carbocycles. The molecule has 0 amide bonds. The van der Waals surface area contributed by atoms with Gasteiger partial charge in [0.15, 0.2) is 0 Å². The Bertz CT molecular complexity index is 829. The molecule has 160 valence electrons. The second kappa shape index (κ2) is 8.43. The van der Waals surface area contributed by atoms with Gasteiger partial charge in [0.1, 0.15) is 5.60 Å². The van der Waals surface area contributed by atoms with Crippen molar-refractivity contribution in [3.8, 4) is 0 Å². The molecule has 1 N–H and O–H groups in total. The Labute approximate surface area is 177 Å². The van der Waals surface area contributed by atoms with Gasteiger partial charge >= 0.3 is 0 Å². The van der Waals surface area contributed by atoms with Crippen molar-refractivity contribution in [2.45, 2.75) is 96.3 Å². The molecule has 29 heavy (non-hydrogen) atoms. The van der Waals surface area contributed by atoms with E-state index in [1.807, 2.05) is 0 Å². The largest absolute Gasteiger partial charge is 0.365 e. The Kier molecular flexibility index (Phi) is 6.09. The number of aromatic nitrogens is 1. The van der Waals surface area contributed by atoms with Crippen molar-refractivity contribution in [1.29, 1.82) is 0 Å². The third-order valence-corrected chi connectivity index (χ3v) is 7.58. The van der Waals surface area contributed by atoms with Crippen molar-refractivity contribution in [3.63, 3.8) is 0 Å². The van der Waals surface area contributed by atoms with Crippen LogP contribution in [-0.4, -0.2) is 36.1 Å². The molecular formula is C26H40N2O. The number of hydrogen-bond donors (Lipinski definition) is 1. The smallest absolute Gasteiger partial charge is 0.108 e. The average Bonchev–Trinajstić information content (AvgIpc) is 3.05. The van der Waals surface area contributed by atoms with Crippen LogP contribution in [0.5, 0.6) is 0 Å². The first-order chi connectivity index (χ1) is 13.9. The number of unbranched alkanes of at least 4 members (excludes halogenated alkanes) is 2. The fourth-order valence-corrected chi connectivity index (χ4v) is 6.11. The molecule has 0 saturated heterocycles. The molecule has 0 bridgehead atoms. The van der Waals surface area contributed by atoms with Crippen molar-refractivity contribution in [1.82, 2.24) is 9.88 Å². The molecule has 1 saturated carbocycles. The number of hydrogen-bond acceptors (Lipinski definition) is 2. The number of fused-ring (bicyclic) bond motifs is 4. The summed E-state index contributed by atoms with van der Waals surface area (Å²) in [4.78, 5) is 6.28. The van der Waals surface area contributed by atoms with Gasteiger partial charge in [0.2, 0.25) is 0 Å². The quantitative estimate of drug-likeness (QED) is 0.578. The van der Waals surface area contributed by atoms with Crippen molar-refractivity contribution < 1.29 is 4.74 Å². The molecule has 2 aromatic rings. The Morgan fingerprint density at radius 3 is 2.66 bits per heavy atom. The van der Waals surface area contributed by atoms with Crippen LogP contribution >= 0.6 is 0 Å². The van der Waals surface area contributed by atoms with Gasteiger partial charge in [0.05, 0.1) is 11.8 Å². The van der Waals surface area contributed by atoms with E-state index in [1.54, 1.807) is 0 Å². The maximum absolute atomic E-state index is 6.74. The van der Waals surface area contributed by atoms with E-state index in [0.717, 1.165) is 25.2 Å². The van der Waals surface area contributed by atoms with Gasteiger partial charge in [-0.15, -0.1) is 0 Å². The van der Waals surface area contributed by atoms with E-state index in [0.29, 0.717) is 12.1 Å². The van der Waals surface area contributed by atoms with Gasteiger partial charge in [0.25, 0.3) is 0 Å². The van der Waals surface area contributed by atoms with Gasteiger partial charge < -0.3 is 14.6 Å². The highest BCUT2D eigenvalue weighted by Crippen LogP contribution is 2.49. The van der Waals surface area contributed by atoms with E-state index in [9.17, 15) is 0 Å². The van der Waals surface area contributed by atoms with Crippen LogP contribution in [0.4, 0.5) is 0 Å². The molecule has 4 rings (SSSR count). The third kappa shape index (κ3) is 4.01. The predicted octanol–water partition coefficient (Wildman–Crippen LogP) is 6.33. The standard InChI is InChI=1S/C26H40N2O/c1-6-7-8-9-24(28(4)5)20-12-14-26(15-13-20)25-22(17-19(3)29-26)21-16-18(2)10-11-23(21)27-25/h10-11,16,19-20,24,27H,6-9,12-15,17H2,1-5H3. The highest BCUT2D eigenvalue weighted by molar-refractivity contribution is 5.86. The fraction of sp³-hybridized carbons (Fsp3) is 0.692. The monoisotopic (exact) mass is 396 g/mol. The fourth-order valence-electron chi connectivity index (χ4n) is 6.11. The van der Waals surface area contributed by atoms with Crippen LogP contribution in [0, 0.1) is 12.8 Å². The number of aromatic amines is 1. The van der Waals surface area contributed by atoms with Gasteiger partial charge in [-0.25, -0.2) is 0 Å². The minimum Gasteiger partial charge on any atom is -0.365 e. The molecule has 1 spiro atoms. The lowest BCUT2D eigenvalue weighted by Crippen LogP contribution is -2.45. The summed E-state index contributed by atoms with van der Waals surface area (Å²) in [5.74, 6) is 0.795. The highest BCUT2D eigenvalue weighted by atomic mass is 16.5. The molecule has 3 nitrogen and oxygen atoms in total. The molecule has 1 fully saturated rings. The van der Waals surface area contributed by atoms with Crippen LogP contribution in [0.2, 0.25) is 0 Å². The number of nitrogens with one attached hydrogen (secondary N) is 1. The lowest BCUT2D eigenvalue weighted by Gasteiger charge is -2.47. The molecule has 3 heteroatoms. The van der Waals surface area contributed by atoms with Crippen molar-refractivity contribution in [2.75, 3.05) is 14.1 Å². The van der Waals surface area contributed by atoms with Crippen LogP contribution < -0.4 is 0 Å². The lowest BCUT2D eigenvalue weighted by atomic mass is 9.71. The number of aryl methyl sites for hydroxylation is 1. The van der Waals surface area contributed by atoms with Gasteiger partial charge in [-0.05, 0) is 83.7 Å². The Morgan fingerprint density at radius 2 is 1.97 bits per heavy atom. The second-order valence-electron chi connectivity index (χ2n) is 10.0. The SMILES string of the molecule is CCCCCC(C1CCC2(CC1)OC(C)Cc1c2[nH]c2ccc(C)cc12)N(C)C. The van der Waals surface area contributed by atoms with Crippen LogP contribution in [-0.2, 0) is 16.8 Å². The number of ether oxygens (including phenoxy) is 1. The lowest BCUT2D eigenvalue weighted by molar-refractivity contribution is -0.135. The minimum absolute atomic E-state index is 0.100. The molecule has 1 aromatic heterocycles. The minimum atomic E-state index is -0.100. The van der Waals surface area contributed by atoms with Crippen LogP contribution in [0.25, 0.3) is 10.9 Å². The van der Waals surface area contributed by atoms with Crippen molar-refractivity contribution in [3.05, 3.63) is 35.0 Å². The summed E-state index contributed by atoms with van der Waals surface area (Å²) in [6.07, 6.45) is 11.5. The third-order valence-electron chi connectivity index (χ3n) is 7.58. The molecule has 1 aliphatic carbocycles.